The van der Waals surface area contributed by atoms with Crippen LogP contribution < -0.4 is 4.74 Å². The average Bonchev–Trinajstić information content (AvgIpc) is 3.44. The van der Waals surface area contributed by atoms with Gasteiger partial charge >= 0.3 is 0 Å². The van der Waals surface area contributed by atoms with Crippen LogP contribution in [0.5, 0.6) is 5.75 Å². The highest BCUT2D eigenvalue weighted by atomic mass is 32.1. The van der Waals surface area contributed by atoms with Gasteiger partial charge in [0.15, 0.2) is 0 Å². The third-order valence-electron chi connectivity index (χ3n) is 6.15. The molecule has 1 aliphatic heterocycles. The van der Waals surface area contributed by atoms with Crippen molar-refractivity contribution in [2.75, 3.05) is 26.2 Å². The zero-order chi connectivity index (χ0) is 22.0. The number of carbonyl (C=O) groups excluding carboxylic acids is 2. The van der Waals surface area contributed by atoms with Crippen LogP contribution in [0.3, 0.4) is 0 Å². The smallest absolute Gasteiger partial charge is 0.242 e. The summed E-state index contributed by atoms with van der Waals surface area (Å²) in [6.07, 6.45) is 3.18. The first-order chi connectivity index (χ1) is 14.9. The van der Waals surface area contributed by atoms with Gasteiger partial charge in [-0.3, -0.25) is 9.59 Å². The number of rotatable bonds is 8. The Hall–Kier alpha value is -2.34. The van der Waals surface area contributed by atoms with Crippen LogP contribution in [0, 0.1) is 18.8 Å². The Kier molecular flexibility index (Phi) is 6.65. The van der Waals surface area contributed by atoms with Crippen molar-refractivity contribution in [3.63, 3.8) is 0 Å². The minimum atomic E-state index is -0.124. The molecule has 4 rings (SSSR count). The highest BCUT2D eigenvalue weighted by Gasteiger charge is 2.35. The molecular formula is C25H32N2O3S. The molecule has 0 radical (unpaired) electrons. The van der Waals surface area contributed by atoms with Crippen molar-refractivity contribution in [1.82, 2.24) is 9.80 Å². The molecule has 6 heteroatoms. The van der Waals surface area contributed by atoms with E-state index in [0.29, 0.717) is 25.6 Å². The summed E-state index contributed by atoms with van der Waals surface area (Å²) >= 11 is 1.75. The number of benzene rings is 1. The molecule has 1 aliphatic carbocycles. The van der Waals surface area contributed by atoms with Crippen LogP contribution in [-0.2, 0) is 16.0 Å². The molecule has 1 atom stereocenters. The Labute approximate surface area is 189 Å². The van der Waals surface area contributed by atoms with Gasteiger partial charge in [0.2, 0.25) is 11.8 Å². The first-order valence-corrected chi connectivity index (χ1v) is 12.1. The Morgan fingerprint density at radius 2 is 1.94 bits per heavy atom. The van der Waals surface area contributed by atoms with Crippen molar-refractivity contribution < 1.29 is 14.3 Å². The van der Waals surface area contributed by atoms with E-state index in [2.05, 4.69) is 18.4 Å². The van der Waals surface area contributed by atoms with Crippen molar-refractivity contribution >= 4 is 23.2 Å². The van der Waals surface area contributed by atoms with Gasteiger partial charge < -0.3 is 14.5 Å². The monoisotopic (exact) mass is 440 g/mol. The SMILES string of the molecule is Cc1ccc(OC[C@H]2c3ccsc3CCN2C(=O)CN(CC2CC2)C(=O)C(C)C)cc1. The number of ether oxygens (including phenoxy) is 1. The van der Waals surface area contributed by atoms with E-state index in [1.54, 1.807) is 16.2 Å². The molecular weight excluding hydrogens is 408 g/mol. The van der Waals surface area contributed by atoms with E-state index in [1.807, 2.05) is 43.0 Å². The fourth-order valence-electron chi connectivity index (χ4n) is 4.15. The van der Waals surface area contributed by atoms with E-state index in [9.17, 15) is 9.59 Å². The summed E-state index contributed by atoms with van der Waals surface area (Å²) in [6, 6.07) is 9.99. The lowest BCUT2D eigenvalue weighted by Gasteiger charge is -2.37. The van der Waals surface area contributed by atoms with Gasteiger partial charge in [0.25, 0.3) is 0 Å². The molecule has 2 aromatic rings. The minimum Gasteiger partial charge on any atom is -0.491 e. The molecule has 0 N–H and O–H groups in total. The maximum atomic E-state index is 13.4. The summed E-state index contributed by atoms with van der Waals surface area (Å²) in [4.78, 5) is 31.2. The highest BCUT2D eigenvalue weighted by Crippen LogP contribution is 2.34. The molecule has 1 aromatic heterocycles. The van der Waals surface area contributed by atoms with Crippen LogP contribution >= 0.6 is 11.3 Å². The molecule has 0 bridgehead atoms. The van der Waals surface area contributed by atoms with E-state index in [4.69, 9.17) is 4.74 Å². The fourth-order valence-corrected chi connectivity index (χ4v) is 5.08. The van der Waals surface area contributed by atoms with Crippen LogP contribution in [0.25, 0.3) is 0 Å². The summed E-state index contributed by atoms with van der Waals surface area (Å²) < 4.78 is 6.10. The number of carbonyl (C=O) groups is 2. The summed E-state index contributed by atoms with van der Waals surface area (Å²) in [5.41, 5.74) is 2.37. The third kappa shape index (κ3) is 5.29. The summed E-state index contributed by atoms with van der Waals surface area (Å²) in [6.45, 7) is 7.81. The second-order valence-corrected chi connectivity index (χ2v) is 10.1. The second-order valence-electron chi connectivity index (χ2n) is 9.09. The lowest BCUT2D eigenvalue weighted by molar-refractivity contribution is -0.144. The normalized spacial score (nSPS) is 18.1. The molecule has 0 spiro atoms. The Balaban J connectivity index is 1.49. The number of nitrogens with zero attached hydrogens (tertiary/aromatic N) is 2. The second kappa shape index (κ2) is 9.43. The van der Waals surface area contributed by atoms with E-state index < -0.39 is 0 Å². The predicted molar refractivity (Wildman–Crippen MR) is 123 cm³/mol. The van der Waals surface area contributed by atoms with Crippen LogP contribution in [0.4, 0.5) is 0 Å². The number of fused-ring (bicyclic) bond motifs is 1. The third-order valence-corrected chi connectivity index (χ3v) is 7.15. The highest BCUT2D eigenvalue weighted by molar-refractivity contribution is 7.10. The van der Waals surface area contributed by atoms with E-state index in [-0.39, 0.29) is 30.3 Å². The first kappa shape index (κ1) is 21.9. The molecule has 0 unspecified atom stereocenters. The van der Waals surface area contributed by atoms with Gasteiger partial charge in [0.1, 0.15) is 12.4 Å². The molecule has 2 aliphatic rings. The number of hydrogen-bond acceptors (Lipinski definition) is 4. The van der Waals surface area contributed by atoms with Gasteiger partial charge in [0.05, 0.1) is 12.6 Å². The van der Waals surface area contributed by atoms with Crippen molar-refractivity contribution in [3.8, 4) is 5.75 Å². The molecule has 2 heterocycles. The quantitative estimate of drug-likeness (QED) is 0.609. The minimum absolute atomic E-state index is 0.0176. The predicted octanol–water partition coefficient (Wildman–Crippen LogP) is 4.46. The van der Waals surface area contributed by atoms with Crippen molar-refractivity contribution in [3.05, 3.63) is 51.7 Å². The molecule has 5 nitrogen and oxygen atoms in total. The Bertz CT molecular complexity index is 917. The largest absolute Gasteiger partial charge is 0.491 e. The lowest BCUT2D eigenvalue weighted by Crippen LogP contribution is -2.49. The Morgan fingerprint density at radius 3 is 2.61 bits per heavy atom. The van der Waals surface area contributed by atoms with Gasteiger partial charge in [-0.1, -0.05) is 31.5 Å². The molecule has 2 amide bonds. The number of amides is 2. The van der Waals surface area contributed by atoms with Crippen molar-refractivity contribution in [2.45, 2.75) is 46.1 Å². The molecule has 1 saturated carbocycles. The lowest BCUT2D eigenvalue weighted by atomic mass is 10.00. The van der Waals surface area contributed by atoms with E-state index >= 15 is 0 Å². The molecule has 31 heavy (non-hydrogen) atoms. The van der Waals surface area contributed by atoms with Crippen molar-refractivity contribution in [1.29, 1.82) is 0 Å². The van der Waals surface area contributed by atoms with Gasteiger partial charge in [0, 0.05) is 23.9 Å². The van der Waals surface area contributed by atoms with Crippen LogP contribution in [0.1, 0.15) is 48.7 Å². The number of thiophene rings is 1. The molecule has 1 aromatic carbocycles. The molecule has 0 saturated heterocycles. The van der Waals surface area contributed by atoms with Gasteiger partial charge in [-0.25, -0.2) is 0 Å². The number of aryl methyl sites for hydroxylation is 1. The molecule has 1 fully saturated rings. The van der Waals surface area contributed by atoms with E-state index in [0.717, 1.165) is 25.0 Å². The topological polar surface area (TPSA) is 49.9 Å². The fraction of sp³-hybridized carbons (Fsp3) is 0.520. The zero-order valence-corrected chi connectivity index (χ0v) is 19.5. The number of hydrogen-bond donors (Lipinski definition) is 0. The maximum absolute atomic E-state index is 13.4. The average molecular weight is 441 g/mol. The summed E-state index contributed by atoms with van der Waals surface area (Å²) in [5.74, 6) is 1.36. The van der Waals surface area contributed by atoms with E-state index in [1.165, 1.54) is 16.0 Å². The van der Waals surface area contributed by atoms with Crippen LogP contribution in [0.15, 0.2) is 35.7 Å². The summed E-state index contributed by atoms with van der Waals surface area (Å²) in [7, 11) is 0. The van der Waals surface area contributed by atoms with Gasteiger partial charge in [-0.05, 0) is 61.2 Å². The maximum Gasteiger partial charge on any atom is 0.242 e. The van der Waals surface area contributed by atoms with Gasteiger partial charge in [-0.15, -0.1) is 11.3 Å². The van der Waals surface area contributed by atoms with Gasteiger partial charge in [-0.2, -0.15) is 0 Å². The first-order valence-electron chi connectivity index (χ1n) is 11.3. The van der Waals surface area contributed by atoms with Crippen LogP contribution in [-0.4, -0.2) is 47.9 Å². The van der Waals surface area contributed by atoms with Crippen LogP contribution in [0.2, 0.25) is 0 Å². The standard InChI is InChI=1S/C25H32N2O3S/c1-17(2)25(29)26(14-19-6-7-19)15-24(28)27-12-10-23-21(11-13-31-23)22(27)16-30-20-8-4-18(3)5-9-20/h4-5,8-9,11,13,17,19,22H,6-7,10,12,14-16H2,1-3H3/t22-/m0/s1. The zero-order valence-electron chi connectivity index (χ0n) is 18.7. The molecule has 166 valence electrons. The Morgan fingerprint density at radius 1 is 1.19 bits per heavy atom. The van der Waals surface area contributed by atoms with Crippen molar-refractivity contribution in [2.24, 2.45) is 11.8 Å². The summed E-state index contributed by atoms with van der Waals surface area (Å²) in [5, 5.41) is 2.10.